The van der Waals surface area contributed by atoms with Crippen LogP contribution in [-0.4, -0.2) is 22.6 Å². The average Bonchev–Trinajstić information content (AvgIpc) is 2.31. The predicted molar refractivity (Wildman–Crippen MR) is 71.6 cm³/mol. The number of hydrogen-bond donors (Lipinski definition) is 1. The largest absolute Gasteiger partial charge is 0.481 e. The van der Waals surface area contributed by atoms with Gasteiger partial charge < -0.3 is 9.84 Å². The Labute approximate surface area is 121 Å². The van der Waals surface area contributed by atoms with Crippen molar-refractivity contribution in [1.29, 1.82) is 0 Å². The first-order chi connectivity index (χ1) is 9.60. The van der Waals surface area contributed by atoms with Gasteiger partial charge in [0, 0.05) is 0 Å². The van der Waals surface area contributed by atoms with Crippen LogP contribution in [0, 0.1) is 17.6 Å². The molecule has 0 unspecified atom stereocenters. The van der Waals surface area contributed by atoms with Crippen LogP contribution >= 0.6 is 0 Å². The molecule has 21 heavy (non-hydrogen) atoms. The van der Waals surface area contributed by atoms with E-state index in [1.165, 1.54) is 12.1 Å². The van der Waals surface area contributed by atoms with Crippen molar-refractivity contribution in [3.8, 4) is 0 Å². The van der Waals surface area contributed by atoms with Gasteiger partial charge in [0.15, 0.2) is 11.6 Å². The van der Waals surface area contributed by atoms with Crippen molar-refractivity contribution in [1.82, 2.24) is 0 Å². The molecule has 1 rings (SSSR count). The van der Waals surface area contributed by atoms with Gasteiger partial charge in [-0.3, -0.25) is 9.59 Å². The van der Waals surface area contributed by atoms with Crippen molar-refractivity contribution in [3.05, 3.63) is 35.4 Å². The van der Waals surface area contributed by atoms with Crippen LogP contribution < -0.4 is 0 Å². The average molecular weight is 300 g/mol. The molecule has 0 saturated heterocycles. The smallest absolute Gasteiger partial charge is 0.307 e. The fourth-order valence-corrected chi connectivity index (χ4v) is 1.80. The van der Waals surface area contributed by atoms with Gasteiger partial charge in [-0.1, -0.05) is 12.1 Å². The monoisotopic (exact) mass is 300 g/mol. The molecule has 1 aromatic rings. The zero-order chi connectivity index (χ0) is 16.2. The number of carboxylic acid groups (broad SMARTS) is 1. The minimum Gasteiger partial charge on any atom is -0.481 e. The van der Waals surface area contributed by atoms with E-state index in [4.69, 9.17) is 9.84 Å². The number of carbonyl (C=O) groups excluding carboxylic acids is 1. The number of aliphatic carboxylic acids is 1. The van der Waals surface area contributed by atoms with Gasteiger partial charge in [-0.05, 0) is 38.8 Å². The first-order valence-electron chi connectivity index (χ1n) is 6.47. The van der Waals surface area contributed by atoms with E-state index in [0.29, 0.717) is 0 Å². The number of ether oxygens (including phenoxy) is 1. The molecule has 0 bridgehead atoms. The number of esters is 1. The lowest BCUT2D eigenvalue weighted by Crippen LogP contribution is -2.28. The summed E-state index contributed by atoms with van der Waals surface area (Å²) in [6.45, 7) is 4.98. The predicted octanol–water partition coefficient (Wildman–Crippen LogP) is 2.94. The summed E-state index contributed by atoms with van der Waals surface area (Å²) in [4.78, 5) is 22.8. The molecule has 1 aromatic carbocycles. The molecule has 0 saturated carbocycles. The Balaban J connectivity index is 2.82. The Bertz CT molecular complexity index is 535. The third kappa shape index (κ3) is 5.49. The highest BCUT2D eigenvalue weighted by Crippen LogP contribution is 2.19. The molecule has 0 spiro atoms. The molecule has 0 heterocycles. The molecule has 1 N–H and O–H groups in total. The van der Waals surface area contributed by atoms with E-state index in [9.17, 15) is 18.4 Å². The molecule has 0 aliphatic rings. The number of carbonyl (C=O) groups is 2. The highest BCUT2D eigenvalue weighted by molar-refractivity contribution is 5.79. The van der Waals surface area contributed by atoms with Crippen molar-refractivity contribution in [3.63, 3.8) is 0 Å². The van der Waals surface area contributed by atoms with Gasteiger partial charge in [-0.25, -0.2) is 8.78 Å². The summed E-state index contributed by atoms with van der Waals surface area (Å²) in [6.07, 6.45) is -0.680. The minimum atomic E-state index is -1.26. The first-order valence-corrected chi connectivity index (χ1v) is 6.47. The van der Waals surface area contributed by atoms with E-state index < -0.39 is 41.5 Å². The molecule has 0 aromatic heterocycles. The van der Waals surface area contributed by atoms with Crippen LogP contribution in [0.4, 0.5) is 8.78 Å². The van der Waals surface area contributed by atoms with Crippen LogP contribution in [-0.2, 0) is 20.7 Å². The van der Waals surface area contributed by atoms with Gasteiger partial charge in [-0.15, -0.1) is 0 Å². The molecule has 0 amide bonds. The maximum atomic E-state index is 13.5. The second-order valence-electron chi connectivity index (χ2n) is 5.74. The summed E-state index contributed by atoms with van der Waals surface area (Å²) in [5.41, 5.74) is -0.810. The number of benzene rings is 1. The lowest BCUT2D eigenvalue weighted by Gasteiger charge is -2.21. The van der Waals surface area contributed by atoms with E-state index in [-0.39, 0.29) is 12.0 Å². The van der Waals surface area contributed by atoms with E-state index >= 15 is 0 Å². The van der Waals surface area contributed by atoms with Gasteiger partial charge >= 0.3 is 11.9 Å². The van der Waals surface area contributed by atoms with E-state index in [1.54, 1.807) is 20.8 Å². The summed E-state index contributed by atoms with van der Waals surface area (Å²) in [5.74, 6) is -5.26. The topological polar surface area (TPSA) is 63.6 Å². The Morgan fingerprint density at radius 1 is 1.29 bits per heavy atom. The van der Waals surface area contributed by atoms with Crippen LogP contribution in [0.25, 0.3) is 0 Å². The fourth-order valence-electron chi connectivity index (χ4n) is 1.80. The number of halogens is 2. The van der Waals surface area contributed by atoms with Gasteiger partial charge in [0.1, 0.15) is 5.60 Å². The second-order valence-corrected chi connectivity index (χ2v) is 5.74. The van der Waals surface area contributed by atoms with Crippen molar-refractivity contribution in [2.75, 3.05) is 0 Å². The van der Waals surface area contributed by atoms with Crippen molar-refractivity contribution >= 4 is 11.9 Å². The van der Waals surface area contributed by atoms with Crippen LogP contribution in [0.2, 0.25) is 0 Å². The van der Waals surface area contributed by atoms with E-state index in [2.05, 4.69) is 0 Å². The van der Waals surface area contributed by atoms with Gasteiger partial charge in [0.2, 0.25) is 0 Å². The summed E-state index contributed by atoms with van der Waals surface area (Å²) in [5, 5.41) is 9.12. The molecule has 116 valence electrons. The maximum absolute atomic E-state index is 13.5. The fraction of sp³-hybridized carbons (Fsp3) is 0.467. The summed E-state index contributed by atoms with van der Waals surface area (Å²) >= 11 is 0. The van der Waals surface area contributed by atoms with Crippen molar-refractivity contribution < 1.29 is 28.2 Å². The first kappa shape index (κ1) is 17.1. The highest BCUT2D eigenvalue weighted by Gasteiger charge is 2.26. The van der Waals surface area contributed by atoms with Gasteiger partial charge in [-0.2, -0.15) is 0 Å². The van der Waals surface area contributed by atoms with E-state index in [1.807, 2.05) is 0 Å². The highest BCUT2D eigenvalue weighted by atomic mass is 19.2. The second kappa shape index (κ2) is 6.65. The molecular weight excluding hydrogens is 282 g/mol. The molecule has 0 fully saturated rings. The molecule has 1 atom stereocenters. The SMILES string of the molecule is CC(C)(C)OC(=O)C[C@@H](Cc1cccc(F)c1F)C(=O)O. The van der Waals surface area contributed by atoms with Gasteiger partial charge in [0.25, 0.3) is 0 Å². The molecule has 0 aliphatic heterocycles. The van der Waals surface area contributed by atoms with Crippen LogP contribution in [0.3, 0.4) is 0 Å². The molecular formula is C15H18F2O4. The quantitative estimate of drug-likeness (QED) is 0.849. The Morgan fingerprint density at radius 3 is 2.43 bits per heavy atom. The van der Waals surface area contributed by atoms with E-state index in [0.717, 1.165) is 6.07 Å². The van der Waals surface area contributed by atoms with Crippen LogP contribution in [0.15, 0.2) is 18.2 Å². The summed E-state index contributed by atoms with van der Waals surface area (Å²) in [7, 11) is 0. The minimum absolute atomic E-state index is 0.0778. The lowest BCUT2D eigenvalue weighted by molar-refractivity contribution is -0.159. The normalized spacial score (nSPS) is 12.8. The van der Waals surface area contributed by atoms with Crippen molar-refractivity contribution in [2.45, 2.75) is 39.2 Å². The molecule has 0 radical (unpaired) electrons. The molecule has 6 heteroatoms. The molecule has 4 nitrogen and oxygen atoms in total. The number of rotatable bonds is 5. The lowest BCUT2D eigenvalue weighted by atomic mass is 9.96. The zero-order valence-electron chi connectivity index (χ0n) is 12.2. The Kier molecular flexibility index (Phi) is 5.41. The summed E-state index contributed by atoms with van der Waals surface area (Å²) < 4.78 is 31.7. The summed E-state index contributed by atoms with van der Waals surface area (Å²) in [6, 6.07) is 3.53. The third-order valence-corrected chi connectivity index (χ3v) is 2.68. The zero-order valence-corrected chi connectivity index (χ0v) is 12.2. The maximum Gasteiger partial charge on any atom is 0.307 e. The van der Waals surface area contributed by atoms with Crippen LogP contribution in [0.1, 0.15) is 32.8 Å². The number of hydrogen-bond acceptors (Lipinski definition) is 3. The standard InChI is InChI=1S/C15H18F2O4/c1-15(2,3)21-12(18)8-10(14(19)20)7-9-5-4-6-11(16)13(9)17/h4-6,10H,7-8H2,1-3H3,(H,19,20)/t10-/m1/s1. The molecule has 0 aliphatic carbocycles. The Hall–Kier alpha value is -1.98. The van der Waals surface area contributed by atoms with Gasteiger partial charge in [0.05, 0.1) is 12.3 Å². The van der Waals surface area contributed by atoms with Crippen molar-refractivity contribution in [2.24, 2.45) is 5.92 Å². The Morgan fingerprint density at radius 2 is 1.90 bits per heavy atom. The van der Waals surface area contributed by atoms with Crippen LogP contribution in [0.5, 0.6) is 0 Å². The number of carboxylic acids is 1. The third-order valence-electron chi connectivity index (χ3n) is 2.68.